The zero-order valence-corrected chi connectivity index (χ0v) is 8.52. The number of hydroxylamine groups is 2. The van der Waals surface area contributed by atoms with Crippen LogP contribution in [0.15, 0.2) is 23.0 Å². The third-order valence-corrected chi connectivity index (χ3v) is 3.57. The number of nitrogens with zero attached hydrogens (tertiary/aromatic N) is 1. The van der Waals surface area contributed by atoms with Crippen molar-refractivity contribution in [2.75, 3.05) is 13.1 Å². The number of hydrogen-bond acceptors (Lipinski definition) is 2. The highest BCUT2D eigenvalue weighted by Gasteiger charge is 2.36. The second-order valence-electron chi connectivity index (χ2n) is 4.67. The van der Waals surface area contributed by atoms with Gasteiger partial charge in [-0.05, 0) is 12.5 Å². The number of quaternary nitrogens is 1. The smallest absolute Gasteiger partial charge is 0.250 e. The Morgan fingerprint density at radius 2 is 2.27 bits per heavy atom. The third kappa shape index (κ3) is 1.41. The number of fused-ring (bicyclic) bond motifs is 4. The van der Waals surface area contributed by atoms with E-state index in [0.29, 0.717) is 16.9 Å². The highest BCUT2D eigenvalue weighted by Crippen LogP contribution is 2.29. The molecule has 1 aromatic rings. The van der Waals surface area contributed by atoms with Crippen LogP contribution in [0, 0.1) is 5.92 Å². The molecule has 0 spiro atoms. The van der Waals surface area contributed by atoms with Crippen LogP contribution >= 0.6 is 0 Å². The maximum absolute atomic E-state index is 11.7. The first kappa shape index (κ1) is 9.12. The number of nitrogens with one attached hydrogen (secondary N) is 1. The van der Waals surface area contributed by atoms with Crippen LogP contribution in [0.4, 0.5) is 0 Å². The fourth-order valence-corrected chi connectivity index (χ4v) is 2.98. The standard InChI is InChI=1S/C11H14N2O2/c14-11-3-1-2-10-9-4-8(6-13(10)11)5-12(15)7-9/h1-3,8-9,15H,4-7H2/p+1/t8-,9+/m1/s1. The van der Waals surface area contributed by atoms with Gasteiger partial charge < -0.3 is 4.57 Å². The highest BCUT2D eigenvalue weighted by atomic mass is 16.5. The number of hydrogen-bond donors (Lipinski definition) is 2. The van der Waals surface area contributed by atoms with Crippen LogP contribution in [0.1, 0.15) is 18.0 Å². The fraction of sp³-hybridized carbons (Fsp3) is 0.545. The van der Waals surface area contributed by atoms with E-state index in [1.807, 2.05) is 16.7 Å². The average molecular weight is 207 g/mol. The maximum atomic E-state index is 11.7. The van der Waals surface area contributed by atoms with E-state index < -0.39 is 0 Å². The molecule has 4 heteroatoms. The van der Waals surface area contributed by atoms with Crippen LogP contribution in [0.2, 0.25) is 0 Å². The first-order valence-corrected chi connectivity index (χ1v) is 5.47. The number of aromatic nitrogens is 1. The van der Waals surface area contributed by atoms with Gasteiger partial charge in [0, 0.05) is 24.2 Å². The molecule has 2 aliphatic rings. The first-order chi connectivity index (χ1) is 7.24. The van der Waals surface area contributed by atoms with Crippen molar-refractivity contribution in [3.8, 4) is 0 Å². The average Bonchev–Trinajstić information content (AvgIpc) is 2.19. The zero-order valence-electron chi connectivity index (χ0n) is 8.52. The van der Waals surface area contributed by atoms with Gasteiger partial charge in [-0.15, -0.1) is 0 Å². The Bertz CT molecular complexity index is 440. The minimum atomic E-state index is 0.101. The van der Waals surface area contributed by atoms with Crippen LogP contribution in [-0.2, 0) is 6.54 Å². The molecule has 3 rings (SSSR count). The van der Waals surface area contributed by atoms with E-state index in [-0.39, 0.29) is 5.56 Å². The van der Waals surface area contributed by atoms with E-state index in [2.05, 4.69) is 0 Å². The molecule has 2 N–H and O–H groups in total. The lowest BCUT2D eigenvalue weighted by molar-refractivity contribution is -1.09. The lowest BCUT2D eigenvalue weighted by Crippen LogP contribution is -3.12. The predicted molar refractivity (Wildman–Crippen MR) is 54.0 cm³/mol. The molecule has 0 saturated carbocycles. The van der Waals surface area contributed by atoms with Crippen LogP contribution < -0.4 is 10.6 Å². The summed E-state index contributed by atoms with van der Waals surface area (Å²) in [4.78, 5) is 11.7. The lowest BCUT2D eigenvalue weighted by Gasteiger charge is -2.37. The summed E-state index contributed by atoms with van der Waals surface area (Å²) in [5, 5.41) is 10.2. The SMILES string of the molecule is O=c1cccc2n1C[C@@H]1C[C@H]2C[NH+](O)C1. The van der Waals surface area contributed by atoms with Crippen molar-refractivity contribution in [3.63, 3.8) is 0 Å². The van der Waals surface area contributed by atoms with Crippen LogP contribution in [-0.4, -0.2) is 22.9 Å². The van der Waals surface area contributed by atoms with Crippen molar-refractivity contribution in [1.82, 2.24) is 4.57 Å². The summed E-state index contributed by atoms with van der Waals surface area (Å²) in [5.41, 5.74) is 1.20. The topological polar surface area (TPSA) is 46.7 Å². The molecule has 2 aliphatic heterocycles. The van der Waals surface area contributed by atoms with Gasteiger partial charge in [0.1, 0.15) is 13.1 Å². The molecule has 15 heavy (non-hydrogen) atoms. The molecular formula is C11H15N2O2+. The molecule has 0 aromatic carbocycles. The van der Waals surface area contributed by atoms with Crippen molar-refractivity contribution in [3.05, 3.63) is 34.2 Å². The number of rotatable bonds is 0. The molecule has 0 radical (unpaired) electrons. The lowest BCUT2D eigenvalue weighted by atomic mass is 9.84. The van der Waals surface area contributed by atoms with Gasteiger partial charge in [0.2, 0.25) is 0 Å². The summed E-state index contributed by atoms with van der Waals surface area (Å²) in [6, 6.07) is 5.45. The van der Waals surface area contributed by atoms with E-state index in [1.165, 1.54) is 0 Å². The van der Waals surface area contributed by atoms with Crippen LogP contribution in [0.3, 0.4) is 0 Å². The van der Waals surface area contributed by atoms with Gasteiger partial charge in [-0.25, -0.2) is 5.21 Å². The van der Waals surface area contributed by atoms with E-state index in [0.717, 1.165) is 31.7 Å². The molecule has 3 atom stereocenters. The van der Waals surface area contributed by atoms with Crippen LogP contribution in [0.5, 0.6) is 0 Å². The summed E-state index contributed by atoms with van der Waals surface area (Å²) in [6.45, 7) is 2.28. The summed E-state index contributed by atoms with van der Waals surface area (Å²) >= 11 is 0. The quantitative estimate of drug-likeness (QED) is 0.587. The summed E-state index contributed by atoms with van der Waals surface area (Å²) in [6.07, 6.45) is 1.12. The zero-order chi connectivity index (χ0) is 10.4. The van der Waals surface area contributed by atoms with Gasteiger partial charge in [0.15, 0.2) is 0 Å². The molecule has 1 saturated heterocycles. The Labute approximate surface area is 87.7 Å². The molecule has 2 bridgehead atoms. The van der Waals surface area contributed by atoms with Gasteiger partial charge in [0.05, 0.1) is 5.92 Å². The largest absolute Gasteiger partial charge is 0.312 e. The fourth-order valence-electron chi connectivity index (χ4n) is 2.98. The minimum Gasteiger partial charge on any atom is -0.312 e. The Morgan fingerprint density at radius 1 is 1.40 bits per heavy atom. The molecule has 3 heterocycles. The second kappa shape index (κ2) is 3.18. The summed E-state index contributed by atoms with van der Waals surface area (Å²) < 4.78 is 1.88. The first-order valence-electron chi connectivity index (χ1n) is 5.47. The number of piperidine rings is 1. The van der Waals surface area contributed by atoms with Crippen molar-refractivity contribution >= 4 is 0 Å². The molecule has 1 unspecified atom stereocenters. The normalized spacial score (nSPS) is 33.5. The van der Waals surface area contributed by atoms with Crippen molar-refractivity contribution in [2.45, 2.75) is 18.9 Å². The van der Waals surface area contributed by atoms with Crippen molar-refractivity contribution in [1.29, 1.82) is 0 Å². The predicted octanol–water partition coefficient (Wildman–Crippen LogP) is -0.760. The van der Waals surface area contributed by atoms with Gasteiger partial charge in [0.25, 0.3) is 5.56 Å². The summed E-state index contributed by atoms with van der Waals surface area (Å²) in [5.74, 6) is 0.808. The molecular weight excluding hydrogens is 192 g/mol. The Kier molecular flexibility index (Phi) is 1.94. The van der Waals surface area contributed by atoms with Gasteiger partial charge in [-0.3, -0.25) is 4.79 Å². The van der Waals surface area contributed by atoms with Crippen molar-refractivity contribution in [2.24, 2.45) is 5.92 Å². The molecule has 0 aliphatic carbocycles. The second-order valence-corrected chi connectivity index (χ2v) is 4.67. The van der Waals surface area contributed by atoms with Gasteiger partial charge in [-0.2, -0.15) is 5.06 Å². The Morgan fingerprint density at radius 3 is 3.13 bits per heavy atom. The van der Waals surface area contributed by atoms with Crippen molar-refractivity contribution < 1.29 is 10.3 Å². The van der Waals surface area contributed by atoms with E-state index >= 15 is 0 Å². The minimum absolute atomic E-state index is 0.101. The molecule has 4 nitrogen and oxygen atoms in total. The van der Waals surface area contributed by atoms with Gasteiger partial charge in [-0.1, -0.05) is 6.07 Å². The molecule has 1 aromatic heterocycles. The summed E-state index contributed by atoms with van der Waals surface area (Å²) in [7, 11) is 0. The molecule has 0 amide bonds. The monoisotopic (exact) mass is 207 g/mol. The van der Waals surface area contributed by atoms with Gasteiger partial charge >= 0.3 is 0 Å². The molecule has 1 fully saturated rings. The highest BCUT2D eigenvalue weighted by molar-refractivity contribution is 5.15. The Hall–Kier alpha value is -1.13. The maximum Gasteiger partial charge on any atom is 0.250 e. The third-order valence-electron chi connectivity index (χ3n) is 3.57. The Balaban J connectivity index is 2.10. The van der Waals surface area contributed by atoms with E-state index in [4.69, 9.17) is 0 Å². The molecule has 80 valence electrons. The van der Waals surface area contributed by atoms with E-state index in [9.17, 15) is 10.0 Å². The van der Waals surface area contributed by atoms with Crippen LogP contribution in [0.25, 0.3) is 0 Å². The van der Waals surface area contributed by atoms with E-state index in [1.54, 1.807) is 6.07 Å². The number of pyridine rings is 1.